The van der Waals surface area contributed by atoms with E-state index in [-0.39, 0.29) is 5.91 Å². The third-order valence-electron chi connectivity index (χ3n) is 4.08. The molecule has 23 heavy (non-hydrogen) atoms. The zero-order valence-corrected chi connectivity index (χ0v) is 13.7. The fourth-order valence-electron chi connectivity index (χ4n) is 2.73. The molecule has 0 saturated heterocycles. The number of amides is 1. The molecule has 1 fully saturated rings. The van der Waals surface area contributed by atoms with E-state index < -0.39 is 5.97 Å². The van der Waals surface area contributed by atoms with E-state index >= 15 is 0 Å². The molecule has 2 rings (SSSR count). The van der Waals surface area contributed by atoms with Gasteiger partial charge in [0.2, 0.25) is 0 Å². The summed E-state index contributed by atoms with van der Waals surface area (Å²) < 4.78 is 10.4. The van der Waals surface area contributed by atoms with Gasteiger partial charge in [0.1, 0.15) is 0 Å². The van der Waals surface area contributed by atoms with Crippen LogP contribution in [0.3, 0.4) is 0 Å². The Morgan fingerprint density at radius 1 is 1.09 bits per heavy atom. The standard InChI is InChI=1S/C18H25NO4/c1-22-18(21)15-10-8-14(9-11-15)17(20)19-12-5-13-23-16-6-3-2-4-7-16/h8-11,16H,2-7,12-13H2,1H3,(H,19,20). The Labute approximate surface area is 137 Å². The molecule has 0 atom stereocenters. The third-order valence-corrected chi connectivity index (χ3v) is 4.08. The second-order valence-corrected chi connectivity index (χ2v) is 5.81. The highest BCUT2D eigenvalue weighted by molar-refractivity contribution is 5.96. The Balaban J connectivity index is 1.65. The zero-order chi connectivity index (χ0) is 16.5. The van der Waals surface area contributed by atoms with Gasteiger partial charge in [-0.05, 0) is 43.5 Å². The van der Waals surface area contributed by atoms with Gasteiger partial charge in [0.25, 0.3) is 5.91 Å². The molecule has 0 bridgehead atoms. The van der Waals surface area contributed by atoms with Gasteiger partial charge in [0.15, 0.2) is 0 Å². The molecule has 126 valence electrons. The second kappa shape index (κ2) is 9.30. The van der Waals surface area contributed by atoms with E-state index in [0.29, 0.717) is 30.4 Å². The molecule has 5 nitrogen and oxygen atoms in total. The summed E-state index contributed by atoms with van der Waals surface area (Å²) in [5.74, 6) is -0.545. The Bertz CT molecular complexity index is 506. The molecule has 1 N–H and O–H groups in total. The summed E-state index contributed by atoms with van der Waals surface area (Å²) in [6, 6.07) is 6.43. The average Bonchev–Trinajstić information content (AvgIpc) is 2.61. The van der Waals surface area contributed by atoms with E-state index in [1.165, 1.54) is 39.2 Å². The molecule has 1 saturated carbocycles. The molecular formula is C18H25NO4. The van der Waals surface area contributed by atoms with E-state index in [2.05, 4.69) is 10.1 Å². The summed E-state index contributed by atoms with van der Waals surface area (Å²) >= 11 is 0. The van der Waals surface area contributed by atoms with E-state index in [1.54, 1.807) is 24.3 Å². The molecular weight excluding hydrogens is 294 g/mol. The Hall–Kier alpha value is -1.88. The van der Waals surface area contributed by atoms with Gasteiger partial charge >= 0.3 is 5.97 Å². The van der Waals surface area contributed by atoms with Gasteiger partial charge < -0.3 is 14.8 Å². The van der Waals surface area contributed by atoms with E-state index in [4.69, 9.17) is 4.74 Å². The van der Waals surface area contributed by atoms with Gasteiger partial charge in [-0.2, -0.15) is 0 Å². The predicted molar refractivity (Wildman–Crippen MR) is 87.6 cm³/mol. The van der Waals surface area contributed by atoms with Gasteiger partial charge in [-0.1, -0.05) is 19.3 Å². The van der Waals surface area contributed by atoms with Crippen molar-refractivity contribution in [1.82, 2.24) is 5.32 Å². The number of hydrogen-bond donors (Lipinski definition) is 1. The van der Waals surface area contributed by atoms with Crippen LogP contribution in [0, 0.1) is 0 Å². The molecule has 1 aliphatic carbocycles. The quantitative estimate of drug-likeness (QED) is 0.620. The molecule has 1 amide bonds. The molecule has 1 aromatic rings. The summed E-state index contributed by atoms with van der Waals surface area (Å²) in [6.07, 6.45) is 7.40. The van der Waals surface area contributed by atoms with Gasteiger partial charge in [-0.3, -0.25) is 4.79 Å². The predicted octanol–water partition coefficient (Wildman–Crippen LogP) is 2.94. The van der Waals surface area contributed by atoms with E-state index in [0.717, 1.165) is 6.42 Å². The van der Waals surface area contributed by atoms with Crippen LogP contribution in [0.15, 0.2) is 24.3 Å². The molecule has 0 unspecified atom stereocenters. The first-order valence-corrected chi connectivity index (χ1v) is 8.29. The molecule has 5 heteroatoms. The van der Waals surface area contributed by atoms with Crippen LogP contribution in [-0.4, -0.2) is 38.2 Å². The smallest absolute Gasteiger partial charge is 0.337 e. The summed E-state index contributed by atoms with van der Waals surface area (Å²) in [4.78, 5) is 23.3. The number of carbonyl (C=O) groups is 2. The fraction of sp³-hybridized carbons (Fsp3) is 0.556. The Morgan fingerprint density at radius 2 is 1.74 bits per heavy atom. The van der Waals surface area contributed by atoms with Crippen molar-refractivity contribution in [2.24, 2.45) is 0 Å². The number of rotatable bonds is 7. The van der Waals surface area contributed by atoms with Crippen molar-refractivity contribution in [2.45, 2.75) is 44.6 Å². The van der Waals surface area contributed by atoms with Crippen LogP contribution in [0.25, 0.3) is 0 Å². The molecule has 0 radical (unpaired) electrons. The van der Waals surface area contributed by atoms with Crippen molar-refractivity contribution in [1.29, 1.82) is 0 Å². The lowest BCUT2D eigenvalue weighted by atomic mass is 9.98. The van der Waals surface area contributed by atoms with Crippen LogP contribution in [-0.2, 0) is 9.47 Å². The van der Waals surface area contributed by atoms with E-state index in [1.807, 2.05) is 0 Å². The lowest BCUT2D eigenvalue weighted by Crippen LogP contribution is -2.26. The monoisotopic (exact) mass is 319 g/mol. The zero-order valence-electron chi connectivity index (χ0n) is 13.7. The largest absolute Gasteiger partial charge is 0.465 e. The normalized spacial score (nSPS) is 15.2. The van der Waals surface area contributed by atoms with Crippen molar-refractivity contribution >= 4 is 11.9 Å². The lowest BCUT2D eigenvalue weighted by molar-refractivity contribution is 0.0273. The molecule has 0 spiro atoms. The number of methoxy groups -OCH3 is 1. The molecule has 0 aromatic heterocycles. The number of nitrogens with one attached hydrogen (secondary N) is 1. The highest BCUT2D eigenvalue weighted by atomic mass is 16.5. The van der Waals surface area contributed by atoms with Crippen molar-refractivity contribution in [3.63, 3.8) is 0 Å². The number of benzene rings is 1. The highest BCUT2D eigenvalue weighted by Crippen LogP contribution is 2.20. The summed E-state index contributed by atoms with van der Waals surface area (Å²) in [6.45, 7) is 1.27. The maximum Gasteiger partial charge on any atom is 0.337 e. The second-order valence-electron chi connectivity index (χ2n) is 5.81. The number of carbonyl (C=O) groups excluding carboxylic acids is 2. The minimum absolute atomic E-state index is 0.140. The molecule has 0 aliphatic heterocycles. The molecule has 1 aromatic carbocycles. The Kier molecular flexibility index (Phi) is 7.07. The average molecular weight is 319 g/mol. The maximum atomic E-state index is 12.0. The van der Waals surface area contributed by atoms with Gasteiger partial charge in [-0.15, -0.1) is 0 Å². The van der Waals surface area contributed by atoms with Crippen LogP contribution < -0.4 is 5.32 Å². The third kappa shape index (κ3) is 5.67. The van der Waals surface area contributed by atoms with E-state index in [9.17, 15) is 9.59 Å². The van der Waals surface area contributed by atoms with Crippen molar-refractivity contribution in [3.8, 4) is 0 Å². The number of esters is 1. The minimum atomic E-state index is -0.406. The summed E-state index contributed by atoms with van der Waals surface area (Å²) in [5.41, 5.74) is 0.968. The minimum Gasteiger partial charge on any atom is -0.465 e. The van der Waals surface area contributed by atoms with Gasteiger partial charge in [-0.25, -0.2) is 4.79 Å². The number of ether oxygens (including phenoxy) is 2. The lowest BCUT2D eigenvalue weighted by Gasteiger charge is -2.21. The SMILES string of the molecule is COC(=O)c1ccc(C(=O)NCCCOC2CCCCC2)cc1. The summed E-state index contributed by atoms with van der Waals surface area (Å²) in [7, 11) is 1.33. The molecule has 1 aliphatic rings. The first-order valence-electron chi connectivity index (χ1n) is 8.29. The highest BCUT2D eigenvalue weighted by Gasteiger charge is 2.13. The van der Waals surface area contributed by atoms with Crippen LogP contribution in [0.2, 0.25) is 0 Å². The maximum absolute atomic E-state index is 12.0. The first kappa shape index (κ1) is 17.5. The topological polar surface area (TPSA) is 64.6 Å². The molecule has 0 heterocycles. The van der Waals surface area contributed by atoms with Crippen LogP contribution >= 0.6 is 0 Å². The van der Waals surface area contributed by atoms with Crippen LogP contribution in [0.1, 0.15) is 59.2 Å². The van der Waals surface area contributed by atoms with Crippen molar-refractivity contribution in [2.75, 3.05) is 20.3 Å². The van der Waals surface area contributed by atoms with Crippen molar-refractivity contribution < 1.29 is 19.1 Å². The van der Waals surface area contributed by atoms with Crippen LogP contribution in [0.4, 0.5) is 0 Å². The number of hydrogen-bond acceptors (Lipinski definition) is 4. The van der Waals surface area contributed by atoms with Crippen molar-refractivity contribution in [3.05, 3.63) is 35.4 Å². The first-order chi connectivity index (χ1) is 11.2. The summed E-state index contributed by atoms with van der Waals surface area (Å²) in [5, 5.41) is 2.86. The van der Waals surface area contributed by atoms with Gasteiger partial charge in [0, 0.05) is 18.7 Å². The Morgan fingerprint density at radius 3 is 2.39 bits per heavy atom. The van der Waals surface area contributed by atoms with Crippen LogP contribution in [0.5, 0.6) is 0 Å². The van der Waals surface area contributed by atoms with Gasteiger partial charge in [0.05, 0.1) is 18.8 Å². The fourth-order valence-corrected chi connectivity index (χ4v) is 2.73.